The maximum atomic E-state index is 11.0. The van der Waals surface area contributed by atoms with Gasteiger partial charge in [0.15, 0.2) is 0 Å². The van der Waals surface area contributed by atoms with E-state index in [0.29, 0.717) is 24.5 Å². The summed E-state index contributed by atoms with van der Waals surface area (Å²) in [5, 5.41) is 2.81. The number of amides is 1. The monoisotopic (exact) mass is 215 g/mol. The molecule has 2 rings (SSSR count). The lowest BCUT2D eigenvalue weighted by Crippen LogP contribution is -2.33. The van der Waals surface area contributed by atoms with E-state index in [2.05, 4.69) is 17.5 Å². The zero-order chi connectivity index (χ0) is 9.97. The van der Waals surface area contributed by atoms with Gasteiger partial charge in [-0.3, -0.25) is 4.79 Å². The molecule has 2 bridgehead atoms. The van der Waals surface area contributed by atoms with E-state index in [0.717, 1.165) is 13.0 Å². The van der Waals surface area contributed by atoms with Crippen molar-refractivity contribution >= 4 is 17.5 Å². The van der Waals surface area contributed by atoms with Gasteiger partial charge in [-0.15, -0.1) is 11.6 Å². The molecule has 0 unspecified atom stereocenters. The highest BCUT2D eigenvalue weighted by Gasteiger charge is 2.32. The molecule has 0 radical (unpaired) electrons. The van der Waals surface area contributed by atoms with E-state index in [1.54, 1.807) is 0 Å². The van der Waals surface area contributed by atoms with Gasteiger partial charge >= 0.3 is 0 Å². The van der Waals surface area contributed by atoms with Gasteiger partial charge < -0.3 is 10.1 Å². The first-order chi connectivity index (χ1) is 6.79. The van der Waals surface area contributed by atoms with Crippen LogP contribution in [0.2, 0.25) is 0 Å². The number of alkyl halides is 1. The Morgan fingerprint density at radius 2 is 2.43 bits per heavy atom. The Labute approximate surface area is 88.5 Å². The normalized spacial score (nSPS) is 34.5. The molecule has 78 valence electrons. The van der Waals surface area contributed by atoms with Crippen LogP contribution in [-0.4, -0.2) is 31.0 Å². The number of rotatable bonds is 3. The number of hydrogen-bond donors (Lipinski definition) is 1. The van der Waals surface area contributed by atoms with Crippen LogP contribution in [0.1, 0.15) is 6.42 Å². The summed E-state index contributed by atoms with van der Waals surface area (Å²) < 4.78 is 5.51. The first kappa shape index (κ1) is 9.99. The summed E-state index contributed by atoms with van der Waals surface area (Å²) in [6.07, 6.45) is 5.67. The predicted octanol–water partition coefficient (Wildman–Crippen LogP) is 0.933. The van der Waals surface area contributed by atoms with E-state index in [4.69, 9.17) is 16.3 Å². The number of hydrogen-bond acceptors (Lipinski definition) is 2. The maximum absolute atomic E-state index is 11.0. The van der Waals surface area contributed by atoms with Crippen molar-refractivity contribution in [2.45, 2.75) is 12.5 Å². The summed E-state index contributed by atoms with van der Waals surface area (Å²) in [5.41, 5.74) is 0. The van der Waals surface area contributed by atoms with Gasteiger partial charge in [-0.2, -0.15) is 0 Å². The summed E-state index contributed by atoms with van der Waals surface area (Å²) in [6, 6.07) is 0. The van der Waals surface area contributed by atoms with E-state index >= 15 is 0 Å². The molecule has 1 N–H and O–H groups in total. The standard InChI is InChI=1S/C10H14ClNO2/c11-4-10(13)12-5-7-1-2-9-3-8(7)6-14-9/h1-2,7-9H,3-6H2,(H,12,13)/t7-,8+,9-/m0/s1. The fraction of sp³-hybridized carbons (Fsp3) is 0.700. The Hall–Kier alpha value is -0.540. The zero-order valence-electron chi connectivity index (χ0n) is 7.91. The molecule has 3 atom stereocenters. The van der Waals surface area contributed by atoms with Gasteiger partial charge in [0, 0.05) is 6.54 Å². The van der Waals surface area contributed by atoms with Crippen molar-refractivity contribution in [2.75, 3.05) is 19.0 Å². The molecular formula is C10H14ClNO2. The Morgan fingerprint density at radius 3 is 3.21 bits per heavy atom. The van der Waals surface area contributed by atoms with Gasteiger partial charge in [0.2, 0.25) is 5.91 Å². The van der Waals surface area contributed by atoms with E-state index in [1.807, 2.05) is 0 Å². The SMILES string of the molecule is O=C(CCl)NC[C@@H]1C=C[C@H]2C[C@@H]1CO2. The molecule has 2 aliphatic rings. The first-order valence-electron chi connectivity index (χ1n) is 4.92. The van der Waals surface area contributed by atoms with Crippen LogP contribution in [0.4, 0.5) is 0 Å². The van der Waals surface area contributed by atoms with Crippen LogP contribution in [-0.2, 0) is 9.53 Å². The van der Waals surface area contributed by atoms with Gasteiger partial charge in [-0.1, -0.05) is 12.2 Å². The lowest BCUT2D eigenvalue weighted by atomic mass is 9.85. The van der Waals surface area contributed by atoms with Gasteiger partial charge in [-0.25, -0.2) is 0 Å². The molecule has 14 heavy (non-hydrogen) atoms. The largest absolute Gasteiger partial charge is 0.374 e. The van der Waals surface area contributed by atoms with Gasteiger partial charge in [0.25, 0.3) is 0 Å². The van der Waals surface area contributed by atoms with Crippen molar-refractivity contribution in [2.24, 2.45) is 11.8 Å². The number of fused-ring (bicyclic) bond motifs is 2. The molecule has 1 amide bonds. The van der Waals surface area contributed by atoms with Crippen LogP contribution in [0.25, 0.3) is 0 Å². The van der Waals surface area contributed by atoms with E-state index < -0.39 is 0 Å². The van der Waals surface area contributed by atoms with Crippen LogP contribution in [0, 0.1) is 11.8 Å². The third-order valence-corrected chi connectivity index (χ3v) is 3.14. The lowest BCUT2D eigenvalue weighted by molar-refractivity contribution is -0.118. The molecule has 1 fully saturated rings. The smallest absolute Gasteiger partial charge is 0.234 e. The van der Waals surface area contributed by atoms with Crippen LogP contribution in [0.5, 0.6) is 0 Å². The van der Waals surface area contributed by atoms with Crippen molar-refractivity contribution in [3.05, 3.63) is 12.2 Å². The maximum Gasteiger partial charge on any atom is 0.234 e. The molecular weight excluding hydrogens is 202 g/mol. The third-order valence-electron chi connectivity index (χ3n) is 2.89. The average molecular weight is 216 g/mol. The van der Waals surface area contributed by atoms with Gasteiger partial charge in [-0.05, 0) is 18.3 Å². The van der Waals surface area contributed by atoms with Crippen LogP contribution >= 0.6 is 11.6 Å². The number of nitrogens with one attached hydrogen (secondary N) is 1. The molecule has 4 heteroatoms. The molecule has 0 aromatic carbocycles. The molecule has 1 aliphatic heterocycles. The second-order valence-electron chi connectivity index (χ2n) is 3.85. The molecule has 1 saturated heterocycles. The number of ether oxygens (including phenoxy) is 1. The second kappa shape index (κ2) is 4.32. The minimum absolute atomic E-state index is 0.0419. The van der Waals surface area contributed by atoms with Gasteiger partial charge in [0.1, 0.15) is 5.88 Å². The first-order valence-corrected chi connectivity index (χ1v) is 5.45. The molecule has 1 aliphatic carbocycles. The number of carbonyl (C=O) groups excluding carboxylic acids is 1. The Balaban J connectivity index is 1.83. The van der Waals surface area contributed by atoms with E-state index in [9.17, 15) is 4.79 Å². The molecule has 1 heterocycles. The molecule has 0 saturated carbocycles. The molecule has 0 spiro atoms. The summed E-state index contributed by atoms with van der Waals surface area (Å²) in [7, 11) is 0. The number of halogens is 1. The van der Waals surface area contributed by atoms with Crippen molar-refractivity contribution < 1.29 is 9.53 Å². The summed E-state index contributed by atoms with van der Waals surface area (Å²) in [5.74, 6) is 0.933. The highest BCUT2D eigenvalue weighted by Crippen LogP contribution is 2.32. The minimum atomic E-state index is -0.0962. The lowest BCUT2D eigenvalue weighted by Gasteiger charge is -2.21. The summed E-state index contributed by atoms with van der Waals surface area (Å²) in [4.78, 5) is 11.0. The topological polar surface area (TPSA) is 38.3 Å². The fourth-order valence-corrected chi connectivity index (χ4v) is 2.15. The second-order valence-corrected chi connectivity index (χ2v) is 4.12. The highest BCUT2D eigenvalue weighted by atomic mass is 35.5. The third kappa shape index (κ3) is 2.10. The van der Waals surface area contributed by atoms with Crippen LogP contribution in [0.3, 0.4) is 0 Å². The Kier molecular flexibility index (Phi) is 3.08. The summed E-state index contributed by atoms with van der Waals surface area (Å²) >= 11 is 5.39. The van der Waals surface area contributed by atoms with Crippen LogP contribution < -0.4 is 5.32 Å². The predicted molar refractivity (Wildman–Crippen MR) is 54.2 cm³/mol. The summed E-state index contributed by atoms with van der Waals surface area (Å²) in [6.45, 7) is 1.50. The zero-order valence-corrected chi connectivity index (χ0v) is 8.67. The van der Waals surface area contributed by atoms with Crippen molar-refractivity contribution in [1.82, 2.24) is 5.32 Å². The van der Waals surface area contributed by atoms with E-state index in [1.165, 1.54) is 0 Å². The van der Waals surface area contributed by atoms with Crippen LogP contribution in [0.15, 0.2) is 12.2 Å². The van der Waals surface area contributed by atoms with E-state index in [-0.39, 0.29) is 11.8 Å². The minimum Gasteiger partial charge on any atom is -0.374 e. The fourth-order valence-electron chi connectivity index (χ4n) is 2.05. The van der Waals surface area contributed by atoms with Gasteiger partial charge in [0.05, 0.1) is 12.7 Å². The average Bonchev–Trinajstić information content (AvgIpc) is 2.60. The van der Waals surface area contributed by atoms with Crippen molar-refractivity contribution in [3.63, 3.8) is 0 Å². The number of carbonyl (C=O) groups is 1. The van der Waals surface area contributed by atoms with Crippen molar-refractivity contribution in [3.8, 4) is 0 Å². The quantitative estimate of drug-likeness (QED) is 0.562. The molecule has 3 nitrogen and oxygen atoms in total. The Bertz CT molecular complexity index is 255. The Morgan fingerprint density at radius 1 is 1.57 bits per heavy atom. The molecule has 0 aromatic rings. The molecule has 0 aromatic heterocycles. The highest BCUT2D eigenvalue weighted by molar-refractivity contribution is 6.27. The van der Waals surface area contributed by atoms with Crippen molar-refractivity contribution in [1.29, 1.82) is 0 Å².